The Kier molecular flexibility index (Phi) is 4.38. The Morgan fingerprint density at radius 2 is 2.06 bits per heavy atom. The van der Waals surface area contributed by atoms with Crippen LogP contribution in [0.15, 0.2) is 40.6 Å². The molecule has 1 aromatic heterocycles. The first-order chi connectivity index (χ1) is 8.74. The third-order valence-electron chi connectivity index (χ3n) is 2.92. The SMILES string of the molecule is CCC(NC)c1ccc(Sc2nncn2C)cc1. The maximum Gasteiger partial charge on any atom is 0.195 e. The van der Waals surface area contributed by atoms with E-state index in [-0.39, 0.29) is 0 Å². The van der Waals surface area contributed by atoms with E-state index in [9.17, 15) is 0 Å². The number of aryl methyl sites for hydroxylation is 1. The van der Waals surface area contributed by atoms with Gasteiger partial charge in [-0.1, -0.05) is 19.1 Å². The van der Waals surface area contributed by atoms with Gasteiger partial charge in [-0.15, -0.1) is 10.2 Å². The maximum atomic E-state index is 4.06. The summed E-state index contributed by atoms with van der Waals surface area (Å²) in [7, 11) is 3.95. The van der Waals surface area contributed by atoms with E-state index in [1.807, 2.05) is 18.7 Å². The Balaban J connectivity index is 2.10. The Morgan fingerprint density at radius 1 is 1.33 bits per heavy atom. The van der Waals surface area contributed by atoms with Crippen molar-refractivity contribution in [1.29, 1.82) is 0 Å². The van der Waals surface area contributed by atoms with E-state index in [4.69, 9.17) is 0 Å². The molecule has 0 radical (unpaired) electrons. The van der Waals surface area contributed by atoms with Gasteiger partial charge in [-0.2, -0.15) is 0 Å². The largest absolute Gasteiger partial charge is 0.313 e. The molecule has 18 heavy (non-hydrogen) atoms. The fourth-order valence-corrected chi connectivity index (χ4v) is 2.61. The van der Waals surface area contributed by atoms with Crippen molar-refractivity contribution >= 4 is 11.8 Å². The average molecular weight is 262 g/mol. The molecule has 0 amide bonds. The lowest BCUT2D eigenvalue weighted by Gasteiger charge is -2.14. The molecule has 96 valence electrons. The second-order valence-corrected chi connectivity index (χ2v) is 5.19. The molecular weight excluding hydrogens is 244 g/mol. The molecule has 0 fully saturated rings. The van der Waals surface area contributed by atoms with Gasteiger partial charge in [-0.05, 0) is 42.9 Å². The molecule has 1 unspecified atom stereocenters. The van der Waals surface area contributed by atoms with E-state index in [1.165, 1.54) is 10.5 Å². The lowest BCUT2D eigenvalue weighted by molar-refractivity contribution is 0.576. The van der Waals surface area contributed by atoms with Crippen LogP contribution < -0.4 is 5.32 Å². The van der Waals surface area contributed by atoms with Gasteiger partial charge in [0.15, 0.2) is 5.16 Å². The normalized spacial score (nSPS) is 12.6. The van der Waals surface area contributed by atoms with Crippen LogP contribution in [0.25, 0.3) is 0 Å². The molecule has 0 aliphatic rings. The summed E-state index contributed by atoms with van der Waals surface area (Å²) in [5.74, 6) is 0. The lowest BCUT2D eigenvalue weighted by Crippen LogP contribution is -2.14. The molecule has 0 spiro atoms. The van der Waals surface area contributed by atoms with Gasteiger partial charge in [-0.3, -0.25) is 0 Å². The molecule has 1 heterocycles. The topological polar surface area (TPSA) is 42.7 Å². The number of hydrogen-bond acceptors (Lipinski definition) is 4. The third-order valence-corrected chi connectivity index (χ3v) is 3.98. The molecule has 2 rings (SSSR count). The quantitative estimate of drug-likeness (QED) is 0.899. The lowest BCUT2D eigenvalue weighted by atomic mass is 10.1. The van der Waals surface area contributed by atoms with Crippen molar-refractivity contribution in [3.8, 4) is 0 Å². The molecular formula is C13H18N4S. The van der Waals surface area contributed by atoms with Gasteiger partial charge in [0.25, 0.3) is 0 Å². The summed E-state index contributed by atoms with van der Waals surface area (Å²) in [5, 5.41) is 12.2. The van der Waals surface area contributed by atoms with Crippen molar-refractivity contribution in [1.82, 2.24) is 20.1 Å². The minimum Gasteiger partial charge on any atom is -0.313 e. The standard InChI is InChI=1S/C13H18N4S/c1-4-12(14-2)10-5-7-11(8-6-10)18-13-16-15-9-17(13)3/h5-9,12,14H,4H2,1-3H3. The van der Waals surface area contributed by atoms with Crippen LogP contribution in [-0.2, 0) is 7.05 Å². The van der Waals surface area contributed by atoms with Crippen LogP contribution in [0.1, 0.15) is 24.9 Å². The highest BCUT2D eigenvalue weighted by Crippen LogP contribution is 2.27. The van der Waals surface area contributed by atoms with E-state index < -0.39 is 0 Å². The van der Waals surface area contributed by atoms with Crippen molar-refractivity contribution in [2.45, 2.75) is 29.4 Å². The second-order valence-electron chi connectivity index (χ2n) is 4.15. The van der Waals surface area contributed by atoms with Crippen molar-refractivity contribution < 1.29 is 0 Å². The van der Waals surface area contributed by atoms with Gasteiger partial charge in [0.1, 0.15) is 6.33 Å². The highest BCUT2D eigenvalue weighted by atomic mass is 32.2. The average Bonchev–Trinajstić information content (AvgIpc) is 2.79. The van der Waals surface area contributed by atoms with Crippen LogP contribution in [0.2, 0.25) is 0 Å². The molecule has 0 aliphatic carbocycles. The fraction of sp³-hybridized carbons (Fsp3) is 0.385. The molecule has 1 N–H and O–H groups in total. The van der Waals surface area contributed by atoms with Gasteiger partial charge in [0, 0.05) is 18.0 Å². The molecule has 5 heteroatoms. The number of rotatable bonds is 5. The first-order valence-electron chi connectivity index (χ1n) is 6.03. The summed E-state index contributed by atoms with van der Waals surface area (Å²) in [6.45, 7) is 2.18. The summed E-state index contributed by atoms with van der Waals surface area (Å²) < 4.78 is 1.92. The summed E-state index contributed by atoms with van der Waals surface area (Å²) in [6.07, 6.45) is 2.80. The van der Waals surface area contributed by atoms with Crippen LogP contribution in [0, 0.1) is 0 Å². The Morgan fingerprint density at radius 3 is 2.56 bits per heavy atom. The van der Waals surface area contributed by atoms with E-state index in [1.54, 1.807) is 18.1 Å². The smallest absolute Gasteiger partial charge is 0.195 e. The van der Waals surface area contributed by atoms with E-state index >= 15 is 0 Å². The van der Waals surface area contributed by atoms with Crippen LogP contribution in [0.3, 0.4) is 0 Å². The Labute approximate surface area is 112 Å². The number of nitrogens with one attached hydrogen (secondary N) is 1. The highest BCUT2D eigenvalue weighted by molar-refractivity contribution is 7.99. The molecule has 0 saturated carbocycles. The minimum atomic E-state index is 0.430. The first kappa shape index (κ1) is 13.1. The maximum absolute atomic E-state index is 4.06. The van der Waals surface area contributed by atoms with Gasteiger partial charge in [-0.25, -0.2) is 0 Å². The predicted molar refractivity (Wildman–Crippen MR) is 73.7 cm³/mol. The molecule has 4 nitrogen and oxygen atoms in total. The minimum absolute atomic E-state index is 0.430. The van der Waals surface area contributed by atoms with E-state index in [2.05, 4.69) is 46.7 Å². The third kappa shape index (κ3) is 2.91. The van der Waals surface area contributed by atoms with Crippen molar-refractivity contribution in [2.75, 3.05) is 7.05 Å². The Hall–Kier alpha value is -1.33. The molecule has 0 saturated heterocycles. The van der Waals surface area contributed by atoms with Crippen LogP contribution in [0.5, 0.6) is 0 Å². The van der Waals surface area contributed by atoms with Crippen LogP contribution in [0.4, 0.5) is 0 Å². The predicted octanol–water partition coefficient (Wildman–Crippen LogP) is 2.64. The zero-order chi connectivity index (χ0) is 13.0. The van der Waals surface area contributed by atoms with E-state index in [0.717, 1.165) is 11.6 Å². The van der Waals surface area contributed by atoms with Gasteiger partial charge in [0.05, 0.1) is 0 Å². The van der Waals surface area contributed by atoms with Crippen LogP contribution >= 0.6 is 11.8 Å². The Bertz CT molecular complexity index is 488. The zero-order valence-corrected chi connectivity index (χ0v) is 11.7. The zero-order valence-electron chi connectivity index (χ0n) is 10.9. The number of benzene rings is 1. The molecule has 1 atom stereocenters. The molecule has 0 bridgehead atoms. The molecule has 1 aromatic carbocycles. The monoisotopic (exact) mass is 262 g/mol. The van der Waals surface area contributed by atoms with Crippen molar-refractivity contribution in [3.63, 3.8) is 0 Å². The van der Waals surface area contributed by atoms with Crippen molar-refractivity contribution in [3.05, 3.63) is 36.2 Å². The fourth-order valence-electron chi connectivity index (χ4n) is 1.85. The summed E-state index contributed by atoms with van der Waals surface area (Å²) in [6, 6.07) is 9.04. The summed E-state index contributed by atoms with van der Waals surface area (Å²) >= 11 is 1.63. The van der Waals surface area contributed by atoms with E-state index in [0.29, 0.717) is 6.04 Å². The molecule has 2 aromatic rings. The summed E-state index contributed by atoms with van der Waals surface area (Å²) in [4.78, 5) is 1.18. The van der Waals surface area contributed by atoms with Gasteiger partial charge in [0.2, 0.25) is 0 Å². The van der Waals surface area contributed by atoms with Gasteiger partial charge >= 0.3 is 0 Å². The summed E-state index contributed by atoms with van der Waals surface area (Å²) in [5.41, 5.74) is 1.32. The van der Waals surface area contributed by atoms with Crippen molar-refractivity contribution in [2.24, 2.45) is 7.05 Å². The second kappa shape index (κ2) is 6.02. The van der Waals surface area contributed by atoms with Crippen LogP contribution in [-0.4, -0.2) is 21.8 Å². The first-order valence-corrected chi connectivity index (χ1v) is 6.85. The number of nitrogens with zero attached hydrogens (tertiary/aromatic N) is 3. The number of hydrogen-bond donors (Lipinski definition) is 1. The van der Waals surface area contributed by atoms with Gasteiger partial charge < -0.3 is 9.88 Å². The highest BCUT2D eigenvalue weighted by Gasteiger charge is 2.07. The molecule has 0 aliphatic heterocycles. The number of aromatic nitrogens is 3.